The van der Waals surface area contributed by atoms with Crippen molar-refractivity contribution in [1.82, 2.24) is 0 Å². The van der Waals surface area contributed by atoms with Crippen molar-refractivity contribution < 1.29 is 9.84 Å². The molecule has 3 heteroatoms. The molecule has 2 aromatic carbocycles. The van der Waals surface area contributed by atoms with Crippen molar-refractivity contribution in [3.8, 4) is 16.9 Å². The Morgan fingerprint density at radius 3 is 2.33 bits per heavy atom. The second kappa shape index (κ2) is 6.74. The summed E-state index contributed by atoms with van der Waals surface area (Å²) in [6, 6.07) is 10.2. The van der Waals surface area contributed by atoms with Crippen molar-refractivity contribution >= 4 is 0 Å². The molecule has 0 saturated heterocycles. The van der Waals surface area contributed by atoms with Gasteiger partial charge in [0.15, 0.2) is 0 Å². The first kappa shape index (κ1) is 15.5. The fourth-order valence-electron chi connectivity index (χ4n) is 2.85. The highest BCUT2D eigenvalue weighted by molar-refractivity contribution is 5.78. The zero-order chi connectivity index (χ0) is 15.4. The highest BCUT2D eigenvalue weighted by atomic mass is 16.5. The van der Waals surface area contributed by atoms with E-state index in [9.17, 15) is 5.11 Å². The van der Waals surface area contributed by atoms with Crippen LogP contribution in [0, 0.1) is 13.8 Å². The van der Waals surface area contributed by atoms with Crippen molar-refractivity contribution in [2.24, 2.45) is 5.73 Å². The molecule has 0 aliphatic heterocycles. The van der Waals surface area contributed by atoms with Crippen LogP contribution in [0.5, 0.6) is 5.75 Å². The highest BCUT2D eigenvalue weighted by Crippen LogP contribution is 2.38. The van der Waals surface area contributed by atoms with E-state index in [0.717, 1.165) is 28.9 Å². The number of methoxy groups -OCH3 is 1. The maximum Gasteiger partial charge on any atom is 0.129 e. The molecule has 0 fully saturated rings. The molecule has 0 spiro atoms. The van der Waals surface area contributed by atoms with Crippen LogP contribution in [-0.4, -0.2) is 18.8 Å². The molecule has 0 amide bonds. The van der Waals surface area contributed by atoms with Crippen molar-refractivity contribution in [2.75, 3.05) is 13.7 Å². The van der Waals surface area contributed by atoms with Gasteiger partial charge >= 0.3 is 0 Å². The lowest BCUT2D eigenvalue weighted by molar-refractivity contribution is 0.281. The summed E-state index contributed by atoms with van der Waals surface area (Å²) in [5, 5.41) is 9.53. The zero-order valence-electron chi connectivity index (χ0n) is 12.9. The van der Waals surface area contributed by atoms with Crippen molar-refractivity contribution in [3.05, 3.63) is 52.6 Å². The Morgan fingerprint density at radius 1 is 1.14 bits per heavy atom. The lowest BCUT2D eigenvalue weighted by Crippen LogP contribution is -2.06. The molecule has 2 rings (SSSR count). The summed E-state index contributed by atoms with van der Waals surface area (Å²) in [6.45, 7) is 4.75. The molecule has 3 N–H and O–H groups in total. The predicted molar refractivity (Wildman–Crippen MR) is 86.6 cm³/mol. The average Bonchev–Trinajstić information content (AvgIpc) is 2.47. The topological polar surface area (TPSA) is 55.5 Å². The van der Waals surface area contributed by atoms with E-state index in [4.69, 9.17) is 10.5 Å². The molecule has 0 aliphatic carbocycles. The predicted octanol–water partition coefficient (Wildman–Crippen LogP) is 2.97. The Balaban J connectivity index is 2.74. The van der Waals surface area contributed by atoms with Crippen LogP contribution in [0.3, 0.4) is 0 Å². The second-order valence-electron chi connectivity index (χ2n) is 5.30. The monoisotopic (exact) mass is 285 g/mol. The molecule has 2 aromatic rings. The Bertz CT molecular complexity index is 615. The molecular formula is C18H23NO2. The fraction of sp³-hybridized carbons (Fsp3) is 0.333. The molecule has 3 nitrogen and oxygen atoms in total. The van der Waals surface area contributed by atoms with E-state index in [1.807, 2.05) is 12.1 Å². The number of benzene rings is 2. The van der Waals surface area contributed by atoms with Crippen LogP contribution in [0.4, 0.5) is 0 Å². The quantitative estimate of drug-likeness (QED) is 0.888. The van der Waals surface area contributed by atoms with Gasteiger partial charge in [-0.05, 0) is 66.8 Å². The molecular weight excluding hydrogens is 262 g/mol. The van der Waals surface area contributed by atoms with E-state index in [-0.39, 0.29) is 6.61 Å². The van der Waals surface area contributed by atoms with Crippen molar-refractivity contribution in [2.45, 2.75) is 26.9 Å². The van der Waals surface area contributed by atoms with E-state index in [1.165, 1.54) is 16.7 Å². The van der Waals surface area contributed by atoms with Gasteiger partial charge in [0, 0.05) is 5.56 Å². The minimum Gasteiger partial charge on any atom is -0.496 e. The van der Waals surface area contributed by atoms with E-state index in [1.54, 1.807) is 7.11 Å². The number of ether oxygens (including phenoxy) is 1. The van der Waals surface area contributed by atoms with Crippen molar-refractivity contribution in [1.29, 1.82) is 0 Å². The highest BCUT2D eigenvalue weighted by Gasteiger charge is 2.16. The molecule has 21 heavy (non-hydrogen) atoms. The molecule has 0 heterocycles. The van der Waals surface area contributed by atoms with Crippen LogP contribution in [0.1, 0.15) is 22.3 Å². The molecule has 0 aliphatic rings. The third kappa shape index (κ3) is 3.09. The summed E-state index contributed by atoms with van der Waals surface area (Å²) in [4.78, 5) is 0. The number of aryl methyl sites for hydroxylation is 2. The van der Waals surface area contributed by atoms with Crippen LogP contribution in [0.25, 0.3) is 11.1 Å². The largest absolute Gasteiger partial charge is 0.496 e. The number of hydrogen-bond donors (Lipinski definition) is 2. The maximum atomic E-state index is 9.53. The average molecular weight is 285 g/mol. The van der Waals surface area contributed by atoms with Gasteiger partial charge in [-0.25, -0.2) is 0 Å². The van der Waals surface area contributed by atoms with Gasteiger partial charge in [0.05, 0.1) is 13.7 Å². The van der Waals surface area contributed by atoms with Crippen LogP contribution in [0.15, 0.2) is 30.3 Å². The minimum absolute atomic E-state index is 0.0134. The molecule has 112 valence electrons. The number of aliphatic hydroxyl groups is 1. The van der Waals surface area contributed by atoms with Gasteiger partial charge < -0.3 is 15.6 Å². The van der Waals surface area contributed by atoms with E-state index >= 15 is 0 Å². The number of rotatable bonds is 5. The van der Waals surface area contributed by atoms with E-state index in [0.29, 0.717) is 6.54 Å². The van der Waals surface area contributed by atoms with Gasteiger partial charge in [-0.3, -0.25) is 0 Å². The third-order valence-electron chi connectivity index (χ3n) is 3.78. The summed E-state index contributed by atoms with van der Waals surface area (Å²) >= 11 is 0. The standard InChI is InChI=1S/C18H23NO2/c1-12-5-4-6-13(2)17(12)16-10-14(11-20)9-15(7-8-19)18(16)21-3/h4-6,9-10,20H,7-8,11,19H2,1-3H3. The van der Waals surface area contributed by atoms with E-state index in [2.05, 4.69) is 32.0 Å². The Morgan fingerprint density at radius 2 is 1.81 bits per heavy atom. The lowest BCUT2D eigenvalue weighted by atomic mass is 9.91. The first-order chi connectivity index (χ1) is 10.1. The Labute approximate surface area is 126 Å². The second-order valence-corrected chi connectivity index (χ2v) is 5.30. The van der Waals surface area contributed by atoms with E-state index < -0.39 is 0 Å². The summed E-state index contributed by atoms with van der Waals surface area (Å²) < 4.78 is 5.66. The van der Waals surface area contributed by atoms with Crippen LogP contribution >= 0.6 is 0 Å². The van der Waals surface area contributed by atoms with Gasteiger partial charge in [-0.2, -0.15) is 0 Å². The lowest BCUT2D eigenvalue weighted by Gasteiger charge is -2.18. The molecule has 0 radical (unpaired) electrons. The smallest absolute Gasteiger partial charge is 0.129 e. The van der Waals surface area contributed by atoms with Gasteiger partial charge in [-0.1, -0.05) is 18.2 Å². The summed E-state index contributed by atoms with van der Waals surface area (Å²) in [6.07, 6.45) is 0.731. The van der Waals surface area contributed by atoms with Crippen LogP contribution in [-0.2, 0) is 13.0 Å². The van der Waals surface area contributed by atoms with Crippen molar-refractivity contribution in [3.63, 3.8) is 0 Å². The number of hydrogen-bond acceptors (Lipinski definition) is 3. The molecule has 0 aromatic heterocycles. The van der Waals surface area contributed by atoms with Gasteiger partial charge in [0.1, 0.15) is 5.75 Å². The summed E-state index contributed by atoms with van der Waals surface area (Å²) in [5.41, 5.74) is 12.2. The number of nitrogens with two attached hydrogens (primary N) is 1. The fourth-order valence-corrected chi connectivity index (χ4v) is 2.85. The zero-order valence-corrected chi connectivity index (χ0v) is 12.9. The van der Waals surface area contributed by atoms with Gasteiger partial charge in [0.25, 0.3) is 0 Å². The van der Waals surface area contributed by atoms with Gasteiger partial charge in [-0.15, -0.1) is 0 Å². The summed E-state index contributed by atoms with van der Waals surface area (Å²) in [5.74, 6) is 0.857. The Kier molecular flexibility index (Phi) is 4.99. The van der Waals surface area contributed by atoms with Gasteiger partial charge in [0.2, 0.25) is 0 Å². The van der Waals surface area contributed by atoms with Crippen LogP contribution < -0.4 is 10.5 Å². The molecule has 0 bridgehead atoms. The first-order valence-electron chi connectivity index (χ1n) is 7.19. The third-order valence-corrected chi connectivity index (χ3v) is 3.78. The normalized spacial score (nSPS) is 10.7. The maximum absolute atomic E-state index is 9.53. The SMILES string of the molecule is COc1c(CCN)cc(CO)cc1-c1c(C)cccc1C. The molecule has 0 unspecified atom stereocenters. The molecule has 0 atom stereocenters. The Hall–Kier alpha value is -1.84. The first-order valence-corrected chi connectivity index (χ1v) is 7.19. The minimum atomic E-state index is 0.0134. The molecule has 0 saturated carbocycles. The summed E-state index contributed by atoms with van der Waals surface area (Å²) in [7, 11) is 1.69. The number of aliphatic hydroxyl groups excluding tert-OH is 1. The van der Waals surface area contributed by atoms with Crippen LogP contribution in [0.2, 0.25) is 0 Å².